The van der Waals surface area contributed by atoms with Crippen LogP contribution in [0.25, 0.3) is 17.5 Å². The highest BCUT2D eigenvalue weighted by molar-refractivity contribution is 6.06. The summed E-state index contributed by atoms with van der Waals surface area (Å²) in [6, 6.07) is 15.5. The highest BCUT2D eigenvalue weighted by Gasteiger charge is 2.13. The molecular formula is C19H15N3O3. The zero-order valence-corrected chi connectivity index (χ0v) is 13.5. The van der Waals surface area contributed by atoms with Crippen molar-refractivity contribution in [2.24, 2.45) is 0 Å². The van der Waals surface area contributed by atoms with Crippen molar-refractivity contribution in [1.82, 2.24) is 9.97 Å². The van der Waals surface area contributed by atoms with Crippen LogP contribution in [0.5, 0.6) is 0 Å². The molecule has 0 bridgehead atoms. The first-order chi connectivity index (χ1) is 12.0. The average molecular weight is 333 g/mol. The molecule has 25 heavy (non-hydrogen) atoms. The molecule has 0 radical (unpaired) electrons. The number of aromatic nitrogens is 2. The van der Waals surface area contributed by atoms with E-state index in [0.29, 0.717) is 22.8 Å². The number of nitrogens with one attached hydrogen (secondary N) is 1. The predicted octanol–water partition coefficient (Wildman–Crippen LogP) is 4.19. The minimum absolute atomic E-state index is 0.0131. The number of non-ortho nitro benzene ring substituents is 1. The molecule has 3 aromatic rings. The van der Waals surface area contributed by atoms with E-state index in [2.05, 4.69) is 9.97 Å². The zero-order valence-electron chi connectivity index (χ0n) is 13.5. The van der Waals surface area contributed by atoms with Crippen LogP contribution < -0.4 is 0 Å². The van der Waals surface area contributed by atoms with Gasteiger partial charge in [0.2, 0.25) is 5.78 Å². The first-order valence-electron chi connectivity index (χ1n) is 7.63. The minimum atomic E-state index is -0.461. The summed E-state index contributed by atoms with van der Waals surface area (Å²) >= 11 is 0. The lowest BCUT2D eigenvalue weighted by molar-refractivity contribution is -0.384. The summed E-state index contributed by atoms with van der Waals surface area (Å²) in [4.78, 5) is 30.1. The van der Waals surface area contributed by atoms with Gasteiger partial charge in [-0.2, -0.15) is 0 Å². The lowest BCUT2D eigenvalue weighted by Gasteiger charge is -1.94. The van der Waals surface area contributed by atoms with E-state index in [9.17, 15) is 14.9 Å². The Kier molecular flexibility index (Phi) is 4.52. The van der Waals surface area contributed by atoms with Gasteiger partial charge in [0.05, 0.1) is 4.92 Å². The Morgan fingerprint density at radius 2 is 1.80 bits per heavy atom. The summed E-state index contributed by atoms with van der Waals surface area (Å²) in [7, 11) is 0. The van der Waals surface area contributed by atoms with E-state index in [1.54, 1.807) is 25.1 Å². The number of carbonyl (C=O) groups excluding carboxylic acids is 1. The highest BCUT2D eigenvalue weighted by atomic mass is 16.6. The fraction of sp³-hybridized carbons (Fsp3) is 0.0526. The number of H-pyrrole nitrogens is 1. The van der Waals surface area contributed by atoms with Crippen molar-refractivity contribution in [2.75, 3.05) is 0 Å². The Hall–Kier alpha value is -3.54. The van der Waals surface area contributed by atoms with Crippen LogP contribution in [0.1, 0.15) is 21.7 Å². The topological polar surface area (TPSA) is 88.9 Å². The molecule has 0 fully saturated rings. The zero-order chi connectivity index (χ0) is 17.8. The van der Waals surface area contributed by atoms with Gasteiger partial charge in [0.25, 0.3) is 5.69 Å². The smallest absolute Gasteiger partial charge is 0.269 e. The number of aromatic amines is 1. The summed E-state index contributed by atoms with van der Waals surface area (Å²) in [6.45, 7) is 1.80. The number of aryl methyl sites for hydroxylation is 1. The van der Waals surface area contributed by atoms with E-state index in [4.69, 9.17) is 0 Å². The van der Waals surface area contributed by atoms with Crippen molar-refractivity contribution in [2.45, 2.75) is 6.92 Å². The van der Waals surface area contributed by atoms with Gasteiger partial charge in [0.1, 0.15) is 11.5 Å². The number of hydrogen-bond donors (Lipinski definition) is 1. The van der Waals surface area contributed by atoms with E-state index in [-0.39, 0.29) is 11.5 Å². The van der Waals surface area contributed by atoms with E-state index in [1.165, 1.54) is 18.2 Å². The Morgan fingerprint density at radius 3 is 2.44 bits per heavy atom. The number of nitro groups is 1. The Balaban J connectivity index is 1.79. The summed E-state index contributed by atoms with van der Waals surface area (Å²) in [5.74, 6) is 0.416. The molecule has 0 amide bonds. The monoisotopic (exact) mass is 333 g/mol. The molecule has 3 rings (SSSR count). The third-order valence-corrected chi connectivity index (χ3v) is 3.70. The maximum absolute atomic E-state index is 12.4. The van der Waals surface area contributed by atoms with Crippen molar-refractivity contribution < 1.29 is 9.72 Å². The van der Waals surface area contributed by atoms with Gasteiger partial charge < -0.3 is 4.98 Å². The number of hydrogen-bond acceptors (Lipinski definition) is 4. The maximum Gasteiger partial charge on any atom is 0.269 e. The van der Waals surface area contributed by atoms with Crippen LogP contribution in [0.15, 0.2) is 60.7 Å². The number of rotatable bonds is 5. The molecule has 1 heterocycles. The number of ketones is 1. The maximum atomic E-state index is 12.4. The number of nitrogens with zero attached hydrogens (tertiary/aromatic N) is 2. The first kappa shape index (κ1) is 16.3. The van der Waals surface area contributed by atoms with Crippen molar-refractivity contribution in [1.29, 1.82) is 0 Å². The molecule has 0 saturated heterocycles. The second kappa shape index (κ2) is 6.92. The van der Waals surface area contributed by atoms with Gasteiger partial charge in [0.15, 0.2) is 0 Å². The van der Waals surface area contributed by atoms with Gasteiger partial charge in [-0.25, -0.2) is 4.98 Å². The average Bonchev–Trinajstić information content (AvgIpc) is 3.02. The van der Waals surface area contributed by atoms with Crippen molar-refractivity contribution >= 4 is 17.5 Å². The van der Waals surface area contributed by atoms with Gasteiger partial charge in [-0.15, -0.1) is 0 Å². The molecule has 0 aliphatic carbocycles. The predicted molar refractivity (Wildman–Crippen MR) is 95.2 cm³/mol. The molecule has 0 atom stereocenters. The molecular weight excluding hydrogens is 318 g/mol. The van der Waals surface area contributed by atoms with Gasteiger partial charge in [-0.1, -0.05) is 36.4 Å². The third kappa shape index (κ3) is 3.69. The summed E-state index contributed by atoms with van der Waals surface area (Å²) in [6.07, 6.45) is 3.03. The fourth-order valence-electron chi connectivity index (χ4n) is 2.39. The van der Waals surface area contributed by atoms with Crippen LogP contribution in [0.4, 0.5) is 5.69 Å². The van der Waals surface area contributed by atoms with Gasteiger partial charge in [0, 0.05) is 23.4 Å². The molecule has 124 valence electrons. The van der Waals surface area contributed by atoms with E-state index in [0.717, 1.165) is 5.56 Å². The second-order valence-corrected chi connectivity index (χ2v) is 5.47. The molecule has 1 N–H and O–H groups in total. The molecule has 0 aliphatic rings. The summed E-state index contributed by atoms with van der Waals surface area (Å²) < 4.78 is 0. The first-order valence-corrected chi connectivity index (χ1v) is 7.63. The lowest BCUT2D eigenvalue weighted by atomic mass is 10.1. The largest absolute Gasteiger partial charge is 0.341 e. The number of benzene rings is 2. The molecule has 2 aromatic carbocycles. The standard InChI is InChI=1S/C19H15N3O3/c1-13-18(21-19(20-13)15-5-3-2-4-6-15)17(23)12-9-14-7-10-16(11-8-14)22(24)25/h2-12H,1H3,(H,20,21)/b12-9+. The van der Waals surface area contributed by atoms with Crippen molar-refractivity contribution in [3.63, 3.8) is 0 Å². The van der Waals surface area contributed by atoms with Crippen LogP contribution in [-0.2, 0) is 0 Å². The van der Waals surface area contributed by atoms with Crippen molar-refractivity contribution in [3.8, 4) is 11.4 Å². The van der Waals surface area contributed by atoms with Crippen LogP contribution in [0.2, 0.25) is 0 Å². The van der Waals surface area contributed by atoms with Crippen LogP contribution in [-0.4, -0.2) is 20.7 Å². The number of allylic oxidation sites excluding steroid dienone is 1. The Labute approximate surface area is 144 Å². The minimum Gasteiger partial charge on any atom is -0.341 e. The molecule has 6 heteroatoms. The molecule has 0 unspecified atom stereocenters. The van der Waals surface area contributed by atoms with Crippen molar-refractivity contribution in [3.05, 3.63) is 87.7 Å². The third-order valence-electron chi connectivity index (χ3n) is 3.70. The van der Waals surface area contributed by atoms with Crippen LogP contribution in [0.3, 0.4) is 0 Å². The molecule has 6 nitrogen and oxygen atoms in total. The summed E-state index contributed by atoms with van der Waals surface area (Å²) in [5, 5.41) is 10.6. The SMILES string of the molecule is Cc1[nH]c(-c2ccccc2)nc1C(=O)/C=C/c1ccc([N+](=O)[O-])cc1. The van der Waals surface area contributed by atoms with Gasteiger partial charge >= 0.3 is 0 Å². The van der Waals surface area contributed by atoms with E-state index >= 15 is 0 Å². The second-order valence-electron chi connectivity index (χ2n) is 5.47. The van der Waals surface area contributed by atoms with Gasteiger partial charge in [-0.3, -0.25) is 14.9 Å². The molecule has 0 spiro atoms. The highest BCUT2D eigenvalue weighted by Crippen LogP contribution is 2.18. The molecule has 1 aromatic heterocycles. The molecule has 0 aliphatic heterocycles. The lowest BCUT2D eigenvalue weighted by Crippen LogP contribution is -1.97. The fourth-order valence-corrected chi connectivity index (χ4v) is 2.39. The summed E-state index contributed by atoms with van der Waals surface area (Å²) in [5.41, 5.74) is 2.67. The van der Waals surface area contributed by atoms with Crippen LogP contribution in [0, 0.1) is 17.0 Å². The number of imidazole rings is 1. The van der Waals surface area contributed by atoms with Crippen LogP contribution >= 0.6 is 0 Å². The number of nitro benzene ring substituents is 1. The number of carbonyl (C=O) groups is 1. The Bertz CT molecular complexity index is 942. The molecule has 0 saturated carbocycles. The van der Waals surface area contributed by atoms with E-state index in [1.807, 2.05) is 30.3 Å². The van der Waals surface area contributed by atoms with Gasteiger partial charge in [-0.05, 0) is 30.7 Å². The van der Waals surface area contributed by atoms with E-state index < -0.39 is 4.92 Å². The Morgan fingerprint density at radius 1 is 1.12 bits per heavy atom. The quantitative estimate of drug-likeness (QED) is 0.328. The normalized spacial score (nSPS) is 10.9.